The largest absolute Gasteiger partial charge is 0.360 e. The summed E-state index contributed by atoms with van der Waals surface area (Å²) in [7, 11) is 0. The average molecular weight is 343 g/mol. The van der Waals surface area contributed by atoms with Crippen LogP contribution in [0.3, 0.4) is 0 Å². The Hall–Kier alpha value is -2.74. The molecular weight excluding hydrogens is 322 g/mol. The number of piperazine rings is 1. The van der Waals surface area contributed by atoms with E-state index in [0.717, 1.165) is 13.1 Å². The van der Waals surface area contributed by atoms with Crippen molar-refractivity contribution in [3.8, 4) is 0 Å². The van der Waals surface area contributed by atoms with Crippen molar-refractivity contribution in [2.75, 3.05) is 38.0 Å². The maximum Gasteiger partial charge on any atom is 0.255 e. The second kappa shape index (κ2) is 7.89. The summed E-state index contributed by atoms with van der Waals surface area (Å²) < 4.78 is 4.91. The van der Waals surface area contributed by atoms with Crippen LogP contribution in [0.4, 0.5) is 5.82 Å². The fraction of sp³-hybridized carbons (Fsp3) is 0.412. The van der Waals surface area contributed by atoms with Gasteiger partial charge in [-0.15, -0.1) is 0 Å². The lowest BCUT2D eigenvalue weighted by Gasteiger charge is -2.34. The van der Waals surface area contributed by atoms with Crippen LogP contribution in [0.2, 0.25) is 0 Å². The molecule has 0 atom stereocenters. The van der Waals surface area contributed by atoms with E-state index < -0.39 is 0 Å². The van der Waals surface area contributed by atoms with Crippen LogP contribution in [-0.4, -0.2) is 64.5 Å². The van der Waals surface area contributed by atoms with Crippen molar-refractivity contribution in [1.29, 1.82) is 0 Å². The summed E-state index contributed by atoms with van der Waals surface area (Å²) in [4.78, 5) is 32.3. The molecule has 0 unspecified atom stereocenters. The van der Waals surface area contributed by atoms with Crippen molar-refractivity contribution in [2.24, 2.45) is 0 Å². The number of carbonyl (C=O) groups is 2. The van der Waals surface area contributed by atoms with Gasteiger partial charge < -0.3 is 14.7 Å². The highest BCUT2D eigenvalue weighted by molar-refractivity contribution is 5.94. The number of carbonyl (C=O) groups excluding carboxylic acids is 2. The van der Waals surface area contributed by atoms with Gasteiger partial charge in [-0.05, 0) is 19.1 Å². The SMILES string of the molecule is Cc1cc(NC(=O)CCN2CCN(C(=O)c3cccnc3)CC2)no1. The van der Waals surface area contributed by atoms with Gasteiger partial charge in [-0.1, -0.05) is 5.16 Å². The molecule has 1 aliphatic heterocycles. The van der Waals surface area contributed by atoms with Crippen LogP contribution in [0.25, 0.3) is 0 Å². The highest BCUT2D eigenvalue weighted by Crippen LogP contribution is 2.10. The predicted octanol–water partition coefficient (Wildman–Crippen LogP) is 1.16. The molecule has 8 heteroatoms. The Morgan fingerprint density at radius 3 is 2.72 bits per heavy atom. The molecule has 1 saturated heterocycles. The van der Waals surface area contributed by atoms with Crippen LogP contribution in [0.15, 0.2) is 35.1 Å². The molecule has 3 heterocycles. The molecule has 0 spiro atoms. The van der Waals surface area contributed by atoms with Gasteiger partial charge in [-0.2, -0.15) is 0 Å². The third-order valence-corrected chi connectivity index (χ3v) is 4.12. The fourth-order valence-electron chi connectivity index (χ4n) is 2.74. The molecule has 1 fully saturated rings. The van der Waals surface area contributed by atoms with E-state index in [1.807, 2.05) is 4.90 Å². The quantitative estimate of drug-likeness (QED) is 0.876. The maximum absolute atomic E-state index is 12.4. The summed E-state index contributed by atoms with van der Waals surface area (Å²) in [6, 6.07) is 5.22. The van der Waals surface area contributed by atoms with Gasteiger partial charge in [0, 0.05) is 57.6 Å². The molecule has 132 valence electrons. The van der Waals surface area contributed by atoms with E-state index in [-0.39, 0.29) is 11.8 Å². The Balaban J connectivity index is 1.40. The minimum absolute atomic E-state index is 0.00638. The Kier molecular flexibility index (Phi) is 5.39. The first-order valence-electron chi connectivity index (χ1n) is 8.26. The van der Waals surface area contributed by atoms with Gasteiger partial charge in [0.2, 0.25) is 5.91 Å². The molecule has 0 aliphatic carbocycles. The number of rotatable bonds is 5. The van der Waals surface area contributed by atoms with Crippen LogP contribution in [0.1, 0.15) is 22.5 Å². The van der Waals surface area contributed by atoms with Crippen molar-refractivity contribution in [2.45, 2.75) is 13.3 Å². The third kappa shape index (κ3) is 4.63. The summed E-state index contributed by atoms with van der Waals surface area (Å²) in [6.45, 7) is 5.23. The molecule has 0 radical (unpaired) electrons. The lowest BCUT2D eigenvalue weighted by molar-refractivity contribution is -0.116. The number of hydrogen-bond donors (Lipinski definition) is 1. The molecule has 2 aromatic heterocycles. The molecule has 0 bridgehead atoms. The molecule has 25 heavy (non-hydrogen) atoms. The monoisotopic (exact) mass is 343 g/mol. The lowest BCUT2D eigenvalue weighted by atomic mass is 10.2. The maximum atomic E-state index is 12.4. The Morgan fingerprint density at radius 2 is 2.08 bits per heavy atom. The molecule has 1 aliphatic rings. The zero-order chi connectivity index (χ0) is 17.6. The predicted molar refractivity (Wildman–Crippen MR) is 91.1 cm³/mol. The van der Waals surface area contributed by atoms with Crippen molar-refractivity contribution >= 4 is 17.6 Å². The van der Waals surface area contributed by atoms with E-state index in [0.29, 0.717) is 43.2 Å². The van der Waals surface area contributed by atoms with Gasteiger partial charge in [0.1, 0.15) is 5.76 Å². The van der Waals surface area contributed by atoms with E-state index in [9.17, 15) is 9.59 Å². The zero-order valence-corrected chi connectivity index (χ0v) is 14.1. The number of nitrogens with one attached hydrogen (secondary N) is 1. The summed E-state index contributed by atoms with van der Waals surface area (Å²) in [5, 5.41) is 6.45. The highest BCUT2D eigenvalue weighted by atomic mass is 16.5. The van der Waals surface area contributed by atoms with Crippen LogP contribution in [-0.2, 0) is 4.79 Å². The number of amides is 2. The molecule has 8 nitrogen and oxygen atoms in total. The summed E-state index contributed by atoms with van der Waals surface area (Å²) in [6.07, 6.45) is 3.62. The molecule has 2 aromatic rings. The van der Waals surface area contributed by atoms with Gasteiger partial charge in [-0.3, -0.25) is 19.5 Å². The number of nitrogens with zero attached hydrogens (tertiary/aromatic N) is 4. The van der Waals surface area contributed by atoms with Crippen molar-refractivity contribution < 1.29 is 14.1 Å². The molecule has 0 saturated carbocycles. The Bertz CT molecular complexity index is 723. The second-order valence-electron chi connectivity index (χ2n) is 6.00. The highest BCUT2D eigenvalue weighted by Gasteiger charge is 2.22. The number of aromatic nitrogens is 2. The first kappa shape index (κ1) is 17.1. The number of hydrogen-bond acceptors (Lipinski definition) is 6. The van der Waals surface area contributed by atoms with E-state index in [1.54, 1.807) is 37.5 Å². The van der Waals surface area contributed by atoms with E-state index in [1.165, 1.54) is 0 Å². The average Bonchev–Trinajstić information content (AvgIpc) is 3.05. The summed E-state index contributed by atoms with van der Waals surface area (Å²) in [5.74, 6) is 1.01. The Morgan fingerprint density at radius 1 is 1.28 bits per heavy atom. The minimum atomic E-state index is -0.0952. The first-order chi connectivity index (χ1) is 12.1. The van der Waals surface area contributed by atoms with Crippen molar-refractivity contribution in [3.63, 3.8) is 0 Å². The lowest BCUT2D eigenvalue weighted by Crippen LogP contribution is -2.49. The minimum Gasteiger partial charge on any atom is -0.360 e. The number of pyridine rings is 1. The zero-order valence-electron chi connectivity index (χ0n) is 14.1. The number of anilines is 1. The molecule has 1 N–H and O–H groups in total. The van der Waals surface area contributed by atoms with Crippen LogP contribution < -0.4 is 5.32 Å². The van der Waals surface area contributed by atoms with Crippen LogP contribution >= 0.6 is 0 Å². The number of aryl methyl sites for hydroxylation is 1. The first-order valence-corrected chi connectivity index (χ1v) is 8.26. The van der Waals surface area contributed by atoms with Crippen molar-refractivity contribution in [1.82, 2.24) is 19.9 Å². The topological polar surface area (TPSA) is 91.6 Å². The van der Waals surface area contributed by atoms with Gasteiger partial charge in [0.05, 0.1) is 5.56 Å². The molecule has 3 rings (SSSR count). The third-order valence-electron chi connectivity index (χ3n) is 4.12. The summed E-state index contributed by atoms with van der Waals surface area (Å²) >= 11 is 0. The fourth-order valence-corrected chi connectivity index (χ4v) is 2.74. The standard InChI is InChI=1S/C17H21N5O3/c1-13-11-15(20-25-13)19-16(23)4-6-21-7-9-22(10-8-21)17(24)14-3-2-5-18-12-14/h2-3,5,11-12H,4,6-10H2,1H3,(H,19,20,23). The van der Waals surface area contributed by atoms with Gasteiger partial charge in [-0.25, -0.2) is 0 Å². The second-order valence-corrected chi connectivity index (χ2v) is 6.00. The smallest absolute Gasteiger partial charge is 0.255 e. The van der Waals surface area contributed by atoms with E-state index >= 15 is 0 Å². The normalized spacial score (nSPS) is 15.2. The van der Waals surface area contributed by atoms with Crippen molar-refractivity contribution in [3.05, 3.63) is 41.9 Å². The molecule has 2 amide bonds. The van der Waals surface area contributed by atoms with Crippen LogP contribution in [0.5, 0.6) is 0 Å². The van der Waals surface area contributed by atoms with Gasteiger partial charge >= 0.3 is 0 Å². The van der Waals surface area contributed by atoms with E-state index in [4.69, 9.17) is 4.52 Å². The van der Waals surface area contributed by atoms with E-state index in [2.05, 4.69) is 20.4 Å². The summed E-state index contributed by atoms with van der Waals surface area (Å²) in [5.41, 5.74) is 0.609. The van der Waals surface area contributed by atoms with Crippen LogP contribution in [0, 0.1) is 6.92 Å². The Labute approximate surface area is 145 Å². The van der Waals surface area contributed by atoms with Gasteiger partial charge in [0.15, 0.2) is 5.82 Å². The van der Waals surface area contributed by atoms with Gasteiger partial charge in [0.25, 0.3) is 5.91 Å². The molecule has 0 aromatic carbocycles. The molecular formula is C17H21N5O3.